The van der Waals surface area contributed by atoms with Crippen LogP contribution in [0.4, 0.5) is 0 Å². The zero-order valence-corrected chi connectivity index (χ0v) is 15.9. The van der Waals surface area contributed by atoms with E-state index >= 15 is 0 Å². The maximum absolute atomic E-state index is 11.8. The summed E-state index contributed by atoms with van der Waals surface area (Å²) in [6.45, 7) is 9.05. The smallest absolute Gasteiger partial charge is 0.249 e. The Balaban J connectivity index is 1.51. The third-order valence-corrected chi connectivity index (χ3v) is 7.01. The van der Waals surface area contributed by atoms with Crippen molar-refractivity contribution in [2.45, 2.75) is 49.9 Å². The predicted molar refractivity (Wildman–Crippen MR) is 96.4 cm³/mol. The van der Waals surface area contributed by atoms with E-state index in [9.17, 15) is 4.79 Å². The van der Waals surface area contributed by atoms with Crippen molar-refractivity contribution in [3.8, 4) is 0 Å². The van der Waals surface area contributed by atoms with Gasteiger partial charge in [0.15, 0.2) is 0 Å². The van der Waals surface area contributed by atoms with E-state index < -0.39 is 0 Å². The first kappa shape index (κ1) is 17.6. The molecule has 132 valence electrons. The minimum absolute atomic E-state index is 0.0541. The highest BCUT2D eigenvalue weighted by Crippen LogP contribution is 2.30. The van der Waals surface area contributed by atoms with E-state index in [0.29, 0.717) is 0 Å². The molecule has 3 rings (SSSR count). The second-order valence-corrected chi connectivity index (χ2v) is 8.54. The zero-order chi connectivity index (χ0) is 16.2. The normalized spacial score (nSPS) is 38.1. The maximum Gasteiger partial charge on any atom is 0.249 e. The number of nitrogens with zero attached hydrogens (tertiary/aromatic N) is 2. The maximum atomic E-state index is 11.8. The molecule has 2 N–H and O–H groups in total. The van der Waals surface area contributed by atoms with Crippen molar-refractivity contribution in [1.29, 1.82) is 0 Å². The fourth-order valence-corrected chi connectivity index (χ4v) is 5.04. The van der Waals surface area contributed by atoms with E-state index in [0.717, 1.165) is 38.0 Å². The Bertz CT molecular complexity index is 408. The summed E-state index contributed by atoms with van der Waals surface area (Å²) in [5, 5.41) is 0. The second kappa shape index (κ2) is 8.28. The molecule has 3 fully saturated rings. The minimum atomic E-state index is -0.103. The number of hydrazine groups is 1. The standard InChI is InChI=1S/C17H31BrN4O/c1-13-5-2-3-6-14(13)12-21-7-4-8-22(10-9-21)15-11-19-20-17(23)16(15)18/h13-16,19H,2-12H2,1H3,(H,20,23). The molecule has 0 bridgehead atoms. The van der Waals surface area contributed by atoms with Gasteiger partial charge in [0.1, 0.15) is 4.83 Å². The highest BCUT2D eigenvalue weighted by molar-refractivity contribution is 9.10. The number of hydrogen-bond donors (Lipinski definition) is 2. The van der Waals surface area contributed by atoms with Gasteiger partial charge >= 0.3 is 0 Å². The molecule has 0 radical (unpaired) electrons. The lowest BCUT2D eigenvalue weighted by atomic mass is 9.80. The number of nitrogens with one attached hydrogen (secondary N) is 2. The van der Waals surface area contributed by atoms with E-state index in [2.05, 4.69) is 43.5 Å². The average Bonchev–Trinajstić information content (AvgIpc) is 2.78. The molecule has 23 heavy (non-hydrogen) atoms. The number of rotatable bonds is 3. The number of carbonyl (C=O) groups is 1. The molecule has 6 heteroatoms. The van der Waals surface area contributed by atoms with Crippen LogP contribution in [-0.4, -0.2) is 65.8 Å². The van der Waals surface area contributed by atoms with Crippen LogP contribution in [0.25, 0.3) is 0 Å². The van der Waals surface area contributed by atoms with Gasteiger partial charge in [0.2, 0.25) is 5.91 Å². The molecule has 1 aliphatic carbocycles. The zero-order valence-electron chi connectivity index (χ0n) is 14.3. The summed E-state index contributed by atoms with van der Waals surface area (Å²) >= 11 is 3.58. The molecule has 0 spiro atoms. The van der Waals surface area contributed by atoms with Gasteiger partial charge in [-0.15, -0.1) is 0 Å². The van der Waals surface area contributed by atoms with Gasteiger partial charge in [0.25, 0.3) is 0 Å². The van der Waals surface area contributed by atoms with E-state index in [1.54, 1.807) is 0 Å². The Morgan fingerprint density at radius 3 is 2.78 bits per heavy atom. The topological polar surface area (TPSA) is 47.6 Å². The summed E-state index contributed by atoms with van der Waals surface area (Å²) in [4.78, 5) is 16.9. The lowest BCUT2D eigenvalue weighted by Crippen LogP contribution is -2.62. The van der Waals surface area contributed by atoms with E-state index in [4.69, 9.17) is 0 Å². The van der Waals surface area contributed by atoms with Gasteiger partial charge < -0.3 is 4.90 Å². The molecule has 0 aromatic rings. The van der Waals surface area contributed by atoms with Gasteiger partial charge in [-0.2, -0.15) is 0 Å². The van der Waals surface area contributed by atoms with Gasteiger partial charge in [0.05, 0.1) is 0 Å². The molecule has 0 aromatic carbocycles. The Labute approximate surface area is 148 Å². The molecule has 4 unspecified atom stereocenters. The molecule has 0 aromatic heterocycles. The first-order chi connectivity index (χ1) is 11.1. The Morgan fingerprint density at radius 1 is 1.13 bits per heavy atom. The van der Waals surface area contributed by atoms with Crippen molar-refractivity contribution in [2.24, 2.45) is 11.8 Å². The van der Waals surface area contributed by atoms with Crippen LogP contribution in [-0.2, 0) is 4.79 Å². The van der Waals surface area contributed by atoms with Crippen molar-refractivity contribution in [2.75, 3.05) is 39.3 Å². The summed E-state index contributed by atoms with van der Waals surface area (Å²) in [7, 11) is 0. The molecular weight excluding hydrogens is 356 g/mol. The number of amides is 1. The highest BCUT2D eigenvalue weighted by Gasteiger charge is 2.35. The monoisotopic (exact) mass is 386 g/mol. The van der Waals surface area contributed by atoms with Gasteiger partial charge in [-0.1, -0.05) is 42.1 Å². The van der Waals surface area contributed by atoms with Crippen molar-refractivity contribution in [3.05, 3.63) is 0 Å². The second-order valence-electron chi connectivity index (χ2n) is 7.55. The van der Waals surface area contributed by atoms with Crippen LogP contribution in [0.5, 0.6) is 0 Å². The van der Waals surface area contributed by atoms with Crippen LogP contribution >= 0.6 is 15.9 Å². The van der Waals surface area contributed by atoms with Gasteiger partial charge in [-0.3, -0.25) is 15.1 Å². The van der Waals surface area contributed by atoms with Crippen LogP contribution < -0.4 is 10.9 Å². The van der Waals surface area contributed by atoms with Gasteiger partial charge in [-0.05, 0) is 37.8 Å². The van der Waals surface area contributed by atoms with Crippen molar-refractivity contribution >= 4 is 21.8 Å². The van der Waals surface area contributed by atoms with Crippen LogP contribution in [0, 0.1) is 11.8 Å². The molecule has 2 heterocycles. The Kier molecular flexibility index (Phi) is 6.35. The number of halogens is 1. The first-order valence-electron chi connectivity index (χ1n) is 9.28. The number of alkyl halides is 1. The fourth-order valence-electron chi connectivity index (χ4n) is 4.41. The fraction of sp³-hybridized carbons (Fsp3) is 0.941. The average molecular weight is 387 g/mol. The van der Waals surface area contributed by atoms with Crippen molar-refractivity contribution in [1.82, 2.24) is 20.7 Å². The van der Waals surface area contributed by atoms with Crippen LogP contribution in [0.2, 0.25) is 0 Å². The first-order valence-corrected chi connectivity index (χ1v) is 10.2. The summed E-state index contributed by atoms with van der Waals surface area (Å²) < 4.78 is 0. The Hall–Kier alpha value is -0.170. The summed E-state index contributed by atoms with van der Waals surface area (Å²) in [6.07, 6.45) is 6.88. The molecule has 5 nitrogen and oxygen atoms in total. The van der Waals surface area contributed by atoms with E-state index in [1.165, 1.54) is 45.2 Å². The van der Waals surface area contributed by atoms with Crippen molar-refractivity contribution in [3.63, 3.8) is 0 Å². The lowest BCUT2D eigenvalue weighted by Gasteiger charge is -2.37. The molecule has 3 aliphatic rings. The molecule has 2 aliphatic heterocycles. The largest absolute Gasteiger partial charge is 0.302 e. The van der Waals surface area contributed by atoms with Gasteiger partial charge in [-0.25, -0.2) is 5.43 Å². The molecule has 1 amide bonds. The lowest BCUT2D eigenvalue weighted by molar-refractivity contribution is -0.124. The third-order valence-electron chi connectivity index (χ3n) is 5.99. The van der Waals surface area contributed by atoms with Crippen LogP contribution in [0.15, 0.2) is 0 Å². The molecule has 1 saturated carbocycles. The molecule has 2 saturated heterocycles. The third kappa shape index (κ3) is 4.47. The Morgan fingerprint density at radius 2 is 1.96 bits per heavy atom. The summed E-state index contributed by atoms with van der Waals surface area (Å²) in [5.41, 5.74) is 5.74. The number of hydrogen-bond acceptors (Lipinski definition) is 4. The summed E-state index contributed by atoms with van der Waals surface area (Å²) in [5.74, 6) is 1.83. The highest BCUT2D eigenvalue weighted by atomic mass is 79.9. The quantitative estimate of drug-likeness (QED) is 0.723. The van der Waals surface area contributed by atoms with Crippen LogP contribution in [0.3, 0.4) is 0 Å². The minimum Gasteiger partial charge on any atom is -0.302 e. The predicted octanol–water partition coefficient (Wildman–Crippen LogP) is 1.59. The molecular formula is C17H31BrN4O. The van der Waals surface area contributed by atoms with Gasteiger partial charge in [0, 0.05) is 32.2 Å². The van der Waals surface area contributed by atoms with Crippen LogP contribution in [0.1, 0.15) is 39.0 Å². The molecule has 4 atom stereocenters. The van der Waals surface area contributed by atoms with E-state index in [-0.39, 0.29) is 16.8 Å². The van der Waals surface area contributed by atoms with E-state index in [1.807, 2.05) is 0 Å². The summed E-state index contributed by atoms with van der Waals surface area (Å²) in [6, 6.07) is 0.261. The number of carbonyl (C=O) groups excluding carboxylic acids is 1. The van der Waals surface area contributed by atoms with Crippen molar-refractivity contribution < 1.29 is 4.79 Å². The SMILES string of the molecule is CC1CCCCC1CN1CCCN(C2CNNC(=O)C2Br)CC1.